The fourth-order valence-electron chi connectivity index (χ4n) is 6.26. The summed E-state index contributed by atoms with van der Waals surface area (Å²) in [5.74, 6) is -0.978. The van der Waals surface area contributed by atoms with Gasteiger partial charge in [0.2, 0.25) is 12.3 Å². The molecule has 318 valence electrons. The monoisotopic (exact) mass is 827 g/mol. The number of carbonyl (C=O) groups is 4. The highest BCUT2D eigenvalue weighted by Gasteiger charge is 2.34. The Hall–Kier alpha value is -4.85. The SMILES string of the molecule is CCCCC[C@@H](C(=O)NCNC(=O)c1ccc(-c2cc(OCC)cc(P(=O)(OCCCC)OCCCC)c2)o1)[C@@H](CC)N(C=O)OC(=O)c1ccc2c(c1)OCCO2. The number of amides is 3. The van der Waals surface area contributed by atoms with Crippen LogP contribution in [0.4, 0.5) is 0 Å². The van der Waals surface area contributed by atoms with Crippen molar-refractivity contribution in [3.05, 3.63) is 59.9 Å². The molecule has 0 aliphatic carbocycles. The van der Waals surface area contributed by atoms with Gasteiger partial charge in [0, 0.05) is 5.56 Å². The summed E-state index contributed by atoms with van der Waals surface area (Å²) in [6, 6.07) is 11.9. The third-order valence-electron chi connectivity index (χ3n) is 9.40. The van der Waals surface area contributed by atoms with Crippen LogP contribution in [-0.2, 0) is 28.0 Å². The molecule has 2 N–H and O–H groups in total. The number of hydrogen-bond donors (Lipinski definition) is 2. The minimum absolute atomic E-state index is 0.0294. The van der Waals surface area contributed by atoms with Crippen molar-refractivity contribution in [3.8, 4) is 28.6 Å². The Bertz CT molecular complexity index is 1840. The lowest BCUT2D eigenvalue weighted by Crippen LogP contribution is -2.49. The van der Waals surface area contributed by atoms with Crippen LogP contribution < -0.4 is 30.1 Å². The predicted molar refractivity (Wildman–Crippen MR) is 217 cm³/mol. The first-order valence-corrected chi connectivity index (χ1v) is 21.8. The van der Waals surface area contributed by atoms with Crippen LogP contribution in [-0.4, -0.2) is 75.0 Å². The number of hydrogen-bond acceptors (Lipinski definition) is 12. The minimum atomic E-state index is -3.72. The molecule has 3 amide bonds. The molecule has 0 saturated carbocycles. The molecule has 3 aromatic rings. The van der Waals surface area contributed by atoms with Gasteiger partial charge in [-0.1, -0.05) is 59.8 Å². The average Bonchev–Trinajstić information content (AvgIpc) is 3.74. The number of carbonyl (C=O) groups excluding carboxylic acids is 4. The van der Waals surface area contributed by atoms with Crippen LogP contribution in [0, 0.1) is 5.92 Å². The van der Waals surface area contributed by atoms with Crippen LogP contribution in [0.5, 0.6) is 17.2 Å². The third-order valence-corrected chi connectivity index (χ3v) is 11.3. The summed E-state index contributed by atoms with van der Waals surface area (Å²) in [6.07, 6.45) is 6.68. The summed E-state index contributed by atoms with van der Waals surface area (Å²) < 4.78 is 48.7. The van der Waals surface area contributed by atoms with E-state index >= 15 is 0 Å². The summed E-state index contributed by atoms with van der Waals surface area (Å²) in [6.45, 7) is 11.1. The molecule has 1 aromatic heterocycles. The topological polar surface area (TPSA) is 181 Å². The van der Waals surface area contributed by atoms with Gasteiger partial charge in [0.15, 0.2) is 17.3 Å². The quantitative estimate of drug-likeness (QED) is 0.0267. The summed E-state index contributed by atoms with van der Waals surface area (Å²) in [4.78, 5) is 57.9. The minimum Gasteiger partial charge on any atom is -0.494 e. The number of unbranched alkanes of at least 4 members (excludes halogenated alkanes) is 4. The molecule has 15 nitrogen and oxygen atoms in total. The van der Waals surface area contributed by atoms with E-state index in [9.17, 15) is 23.7 Å². The first kappa shape index (κ1) is 45.8. The number of fused-ring (bicyclic) bond motifs is 1. The highest BCUT2D eigenvalue weighted by Crippen LogP contribution is 2.49. The standard InChI is InChI=1S/C42H58N3O12P/c1-6-11-14-15-34(35(9-4)45(29-46)57-42(49)30-16-17-37-39(26-30)53-23-22-52-37)40(47)43-28-44-41(48)38-19-18-36(56-38)31-24-32(51-10-5)27-33(25-31)58(50,54-20-12-7-2)55-21-13-8-3/h16-19,24-27,29,34-35H,6-15,20-23,28H2,1-5H3,(H,43,47)(H,44,48)/t34-,35-/m1/s1. The molecule has 0 radical (unpaired) electrons. The van der Waals surface area contributed by atoms with Gasteiger partial charge in [0.1, 0.15) is 24.7 Å². The Morgan fingerprint density at radius 1 is 0.845 bits per heavy atom. The number of nitrogens with zero attached hydrogens (tertiary/aromatic N) is 1. The van der Waals surface area contributed by atoms with Crippen molar-refractivity contribution in [3.63, 3.8) is 0 Å². The van der Waals surface area contributed by atoms with Gasteiger partial charge in [-0.25, -0.2) is 4.79 Å². The largest absolute Gasteiger partial charge is 0.494 e. The van der Waals surface area contributed by atoms with Gasteiger partial charge in [-0.2, -0.15) is 5.06 Å². The van der Waals surface area contributed by atoms with Crippen molar-refractivity contribution < 1.29 is 56.3 Å². The van der Waals surface area contributed by atoms with E-state index in [-0.39, 0.29) is 31.2 Å². The Kier molecular flexibility index (Phi) is 18.6. The van der Waals surface area contributed by atoms with Crippen LogP contribution in [0.1, 0.15) is 113 Å². The van der Waals surface area contributed by atoms with E-state index in [4.69, 9.17) is 32.5 Å². The van der Waals surface area contributed by atoms with Crippen molar-refractivity contribution in [2.45, 2.75) is 98.4 Å². The Balaban J connectivity index is 1.45. The first-order valence-electron chi connectivity index (χ1n) is 20.3. The maximum absolute atomic E-state index is 14.1. The van der Waals surface area contributed by atoms with Crippen LogP contribution in [0.2, 0.25) is 0 Å². The maximum Gasteiger partial charge on any atom is 0.363 e. The van der Waals surface area contributed by atoms with Crippen molar-refractivity contribution in [1.29, 1.82) is 0 Å². The second-order valence-electron chi connectivity index (χ2n) is 13.7. The molecule has 0 bridgehead atoms. The van der Waals surface area contributed by atoms with E-state index in [1.54, 1.807) is 37.3 Å². The maximum atomic E-state index is 14.1. The van der Waals surface area contributed by atoms with E-state index in [2.05, 4.69) is 10.6 Å². The zero-order chi connectivity index (χ0) is 41.9. The van der Waals surface area contributed by atoms with Crippen LogP contribution in [0.3, 0.4) is 0 Å². The molecule has 2 atom stereocenters. The van der Waals surface area contributed by atoms with Gasteiger partial charge in [-0.3, -0.25) is 18.9 Å². The molecular formula is C42H58N3O12P. The zero-order valence-corrected chi connectivity index (χ0v) is 35.1. The van der Waals surface area contributed by atoms with Crippen LogP contribution in [0.15, 0.2) is 52.9 Å². The number of rotatable bonds is 26. The summed E-state index contributed by atoms with van der Waals surface area (Å²) in [7, 11) is -3.72. The molecule has 4 rings (SSSR count). The molecule has 2 aromatic carbocycles. The fraction of sp³-hybridized carbons (Fsp3) is 0.524. The van der Waals surface area contributed by atoms with E-state index in [0.717, 1.165) is 30.7 Å². The van der Waals surface area contributed by atoms with E-state index in [0.29, 0.717) is 92.2 Å². The van der Waals surface area contributed by atoms with Gasteiger partial charge in [-0.05, 0) is 81.1 Å². The molecule has 16 heteroatoms. The van der Waals surface area contributed by atoms with Gasteiger partial charge in [-0.15, -0.1) is 0 Å². The lowest BCUT2D eigenvalue weighted by Gasteiger charge is -2.32. The molecular weight excluding hydrogens is 769 g/mol. The lowest BCUT2D eigenvalue weighted by molar-refractivity contribution is -0.171. The first-order chi connectivity index (χ1) is 28.1. The van der Waals surface area contributed by atoms with Crippen molar-refractivity contribution in [2.24, 2.45) is 5.92 Å². The third kappa shape index (κ3) is 12.8. The highest BCUT2D eigenvalue weighted by molar-refractivity contribution is 7.62. The summed E-state index contributed by atoms with van der Waals surface area (Å²) in [5.41, 5.74) is 0.652. The number of furan rings is 1. The highest BCUT2D eigenvalue weighted by atomic mass is 31.2. The van der Waals surface area contributed by atoms with Gasteiger partial charge in [0.05, 0.1) is 49.3 Å². The van der Waals surface area contributed by atoms with Gasteiger partial charge >= 0.3 is 13.6 Å². The zero-order valence-electron chi connectivity index (χ0n) is 34.3. The second kappa shape index (κ2) is 23.5. The number of nitrogens with one attached hydrogen (secondary N) is 2. The van der Waals surface area contributed by atoms with E-state index in [1.165, 1.54) is 18.2 Å². The molecule has 1 aliphatic rings. The predicted octanol–water partition coefficient (Wildman–Crippen LogP) is 7.58. The normalized spacial score (nSPS) is 13.3. The molecule has 1 aliphatic heterocycles. The van der Waals surface area contributed by atoms with Crippen molar-refractivity contribution in [2.75, 3.05) is 39.7 Å². The van der Waals surface area contributed by atoms with Gasteiger partial charge in [0.25, 0.3) is 5.91 Å². The smallest absolute Gasteiger partial charge is 0.363 e. The summed E-state index contributed by atoms with van der Waals surface area (Å²) in [5, 5.41) is 6.61. The van der Waals surface area contributed by atoms with E-state index < -0.39 is 37.3 Å². The lowest BCUT2D eigenvalue weighted by atomic mass is 9.90. The van der Waals surface area contributed by atoms with Crippen molar-refractivity contribution >= 4 is 37.1 Å². The second-order valence-corrected chi connectivity index (χ2v) is 15.7. The molecule has 0 fully saturated rings. The Morgan fingerprint density at radius 2 is 1.55 bits per heavy atom. The average molecular weight is 828 g/mol. The summed E-state index contributed by atoms with van der Waals surface area (Å²) >= 11 is 0. The Morgan fingerprint density at radius 3 is 2.21 bits per heavy atom. The molecule has 0 unspecified atom stereocenters. The fourth-order valence-corrected chi connectivity index (χ4v) is 7.96. The molecule has 58 heavy (non-hydrogen) atoms. The number of hydroxylamine groups is 2. The van der Waals surface area contributed by atoms with E-state index in [1.807, 2.05) is 27.7 Å². The molecule has 0 spiro atoms. The number of ether oxygens (including phenoxy) is 3. The van der Waals surface area contributed by atoms with Crippen LogP contribution in [0.25, 0.3) is 11.3 Å². The molecule has 0 saturated heterocycles. The van der Waals surface area contributed by atoms with Gasteiger partial charge < -0.3 is 43.1 Å². The molecule has 2 heterocycles. The number of benzene rings is 2. The van der Waals surface area contributed by atoms with Crippen molar-refractivity contribution in [1.82, 2.24) is 15.7 Å². The van der Waals surface area contributed by atoms with Crippen LogP contribution >= 0.6 is 7.60 Å². The Labute approximate surface area is 340 Å².